The number of ether oxygens (including phenoxy) is 15. The van der Waals surface area contributed by atoms with E-state index < -0.39 is 110 Å². The first-order valence-electron chi connectivity index (χ1n) is 26.2. The first-order chi connectivity index (χ1) is 36.8. The summed E-state index contributed by atoms with van der Waals surface area (Å²) in [6.07, 6.45) is -12.2. The Bertz CT molecular complexity index is 2500. The van der Waals surface area contributed by atoms with E-state index in [-0.39, 0.29) is 33.0 Å². The van der Waals surface area contributed by atoms with Gasteiger partial charge in [0.05, 0.1) is 45.7 Å². The van der Waals surface area contributed by atoms with Crippen LogP contribution in [0.2, 0.25) is 0 Å². The highest BCUT2D eigenvalue weighted by Crippen LogP contribution is 2.45. The molecule has 6 fully saturated rings. The number of rotatable bonds is 19. The van der Waals surface area contributed by atoms with Crippen molar-refractivity contribution in [1.29, 1.82) is 0 Å². The summed E-state index contributed by atoms with van der Waals surface area (Å²) in [7, 11) is 0. The maximum absolute atomic E-state index is 7.27. The van der Waals surface area contributed by atoms with E-state index in [1.807, 2.05) is 172 Å². The Morgan fingerprint density at radius 3 is 1.41 bits per heavy atom. The molecule has 5 aromatic rings. The van der Waals surface area contributed by atoms with Gasteiger partial charge in [-0.15, -0.1) is 11.6 Å². The topological polar surface area (TPSA) is 138 Å². The molecule has 75 heavy (non-hydrogen) atoms. The molecule has 15 nitrogen and oxygen atoms in total. The SMILES string of the molecule is C[C@@H]1O[C@@H](O[C@H]2[C@H]3O[C@@H](c4ccccc4)OC[C@H]3O[C@@H](OCCCCl)[C@@H]2OCc2ccccc2)[C@@H]2OC(C)(C)O[C@@H]2[C@H]1O[C@@H]1O[C@@H]2CO[C@@H](c3ccccc3)O[C@H]2[C@H](OCc2ccccc2)[C@@H]1OCc1ccccc1. The largest absolute Gasteiger partial charge is 0.368 e. The third-order valence-corrected chi connectivity index (χ3v) is 14.5. The van der Waals surface area contributed by atoms with Gasteiger partial charge in [-0.25, -0.2) is 0 Å². The molecule has 400 valence electrons. The van der Waals surface area contributed by atoms with Crippen molar-refractivity contribution >= 4 is 11.6 Å². The quantitative estimate of drug-likeness (QED) is 0.0574. The van der Waals surface area contributed by atoms with Crippen LogP contribution in [-0.4, -0.2) is 124 Å². The van der Waals surface area contributed by atoms with Gasteiger partial charge in [-0.3, -0.25) is 0 Å². The second kappa shape index (κ2) is 24.6. The molecule has 16 heteroatoms. The molecule has 0 aliphatic carbocycles. The van der Waals surface area contributed by atoms with Crippen LogP contribution in [0, 0.1) is 0 Å². The lowest BCUT2D eigenvalue weighted by Crippen LogP contribution is -2.67. The Hall–Kier alpha value is -4.21. The van der Waals surface area contributed by atoms with E-state index in [0.29, 0.717) is 18.9 Å². The molecule has 6 heterocycles. The maximum atomic E-state index is 7.27. The number of hydrogen-bond acceptors (Lipinski definition) is 15. The minimum absolute atomic E-state index is 0.206. The predicted molar refractivity (Wildman–Crippen MR) is 272 cm³/mol. The molecule has 0 radical (unpaired) electrons. The normalized spacial score (nSPS) is 35.2. The van der Waals surface area contributed by atoms with E-state index in [9.17, 15) is 0 Å². The van der Waals surface area contributed by atoms with Crippen molar-refractivity contribution in [3.8, 4) is 0 Å². The van der Waals surface area contributed by atoms with Crippen LogP contribution in [0.4, 0.5) is 0 Å². The molecule has 0 amide bonds. The lowest BCUT2D eigenvalue weighted by molar-refractivity contribution is -0.403. The van der Waals surface area contributed by atoms with Gasteiger partial charge in [-0.2, -0.15) is 0 Å². The van der Waals surface area contributed by atoms with E-state index in [2.05, 4.69) is 0 Å². The van der Waals surface area contributed by atoms with Crippen molar-refractivity contribution < 1.29 is 71.1 Å². The van der Waals surface area contributed by atoms with Gasteiger partial charge in [-0.1, -0.05) is 152 Å². The van der Waals surface area contributed by atoms with Crippen LogP contribution in [0.5, 0.6) is 0 Å². The Morgan fingerprint density at radius 1 is 0.453 bits per heavy atom. The number of fused-ring (bicyclic) bond motifs is 3. The second-order valence-corrected chi connectivity index (χ2v) is 20.5. The number of alkyl halides is 1. The summed E-state index contributed by atoms with van der Waals surface area (Å²) in [4.78, 5) is 0. The van der Waals surface area contributed by atoms with Crippen LogP contribution in [0.3, 0.4) is 0 Å². The predicted octanol–water partition coefficient (Wildman–Crippen LogP) is 9.10. The molecule has 0 N–H and O–H groups in total. The molecule has 11 rings (SSSR count). The molecule has 0 aromatic heterocycles. The van der Waals surface area contributed by atoms with Gasteiger partial charge in [0.15, 0.2) is 37.2 Å². The highest BCUT2D eigenvalue weighted by atomic mass is 35.5. The van der Waals surface area contributed by atoms with Crippen molar-refractivity contribution in [2.45, 2.75) is 157 Å². The molecule has 6 aliphatic rings. The summed E-state index contributed by atoms with van der Waals surface area (Å²) < 4.78 is 102. The standard InChI is InChI=1S/C59H67ClO15/c1-37-45(70-57-51(63-33-39-22-11-5-12-23-39)48(62-32-38-20-9-4-10-21-38)46-43(69-57)35-65-54(71-46)41-26-15-7-16-27-41)50-53(75-59(2,3)74-50)58(67-37)73-49-47-44(36-66-55(72-47)42-28-17-8-18-29-42)68-56(61-31-19-30-60)52(49)64-34-40-24-13-6-14-25-40/h4-18,20-29,37,43-58H,19,30-36H2,1-3H3/t37-,43+,44+,45-,46+,47-,48-,49-,50+,51-,52+,53+,54+,55-,56+,57-,58-/m0/s1. The molecule has 0 saturated carbocycles. The zero-order valence-electron chi connectivity index (χ0n) is 42.4. The molecule has 0 unspecified atom stereocenters. The smallest absolute Gasteiger partial charge is 0.187 e. The van der Waals surface area contributed by atoms with Crippen molar-refractivity contribution in [3.05, 3.63) is 179 Å². The van der Waals surface area contributed by atoms with Crippen LogP contribution in [0.1, 0.15) is 67.6 Å². The van der Waals surface area contributed by atoms with E-state index in [1.54, 1.807) is 0 Å². The fourth-order valence-corrected chi connectivity index (χ4v) is 10.8. The number of benzene rings is 5. The van der Waals surface area contributed by atoms with Crippen LogP contribution < -0.4 is 0 Å². The molecule has 6 aliphatic heterocycles. The highest BCUT2D eigenvalue weighted by molar-refractivity contribution is 6.17. The molecule has 0 bridgehead atoms. The Morgan fingerprint density at radius 2 is 0.893 bits per heavy atom. The van der Waals surface area contributed by atoms with Crippen molar-refractivity contribution in [1.82, 2.24) is 0 Å². The number of halogens is 1. The van der Waals surface area contributed by atoms with Crippen LogP contribution in [0.15, 0.2) is 152 Å². The lowest BCUT2D eigenvalue weighted by Gasteiger charge is -2.52. The van der Waals surface area contributed by atoms with Crippen LogP contribution >= 0.6 is 11.6 Å². The summed E-state index contributed by atoms with van der Waals surface area (Å²) in [5.74, 6) is -0.661. The molecular formula is C59H67ClO15. The Labute approximate surface area is 443 Å². The summed E-state index contributed by atoms with van der Waals surface area (Å²) in [6, 6.07) is 49.6. The minimum Gasteiger partial charge on any atom is -0.368 e. The van der Waals surface area contributed by atoms with Gasteiger partial charge in [0, 0.05) is 17.0 Å². The summed E-state index contributed by atoms with van der Waals surface area (Å²) >= 11 is 6.15. The van der Waals surface area contributed by atoms with Gasteiger partial charge >= 0.3 is 0 Å². The molecule has 5 aromatic carbocycles. The van der Waals surface area contributed by atoms with Crippen LogP contribution in [0.25, 0.3) is 0 Å². The zero-order valence-corrected chi connectivity index (χ0v) is 43.2. The molecule has 6 saturated heterocycles. The van der Waals surface area contributed by atoms with Crippen molar-refractivity contribution in [2.24, 2.45) is 0 Å². The third-order valence-electron chi connectivity index (χ3n) is 14.3. The fraction of sp³-hybridized carbons (Fsp3) is 0.492. The average Bonchev–Trinajstić information content (AvgIpc) is 3.79. The molecule has 0 spiro atoms. The molecular weight excluding hydrogens is 984 g/mol. The van der Waals surface area contributed by atoms with Crippen LogP contribution in [-0.2, 0) is 90.9 Å². The number of hydrogen-bond donors (Lipinski definition) is 0. The van der Waals surface area contributed by atoms with Gasteiger partial charge in [0.25, 0.3) is 0 Å². The van der Waals surface area contributed by atoms with Crippen molar-refractivity contribution in [3.63, 3.8) is 0 Å². The molecule has 17 atom stereocenters. The highest BCUT2D eigenvalue weighted by Gasteiger charge is 2.61. The summed E-state index contributed by atoms with van der Waals surface area (Å²) in [5.41, 5.74) is 4.66. The van der Waals surface area contributed by atoms with Crippen molar-refractivity contribution in [2.75, 3.05) is 25.7 Å². The summed E-state index contributed by atoms with van der Waals surface area (Å²) in [6.45, 7) is 7.19. The van der Waals surface area contributed by atoms with E-state index >= 15 is 0 Å². The van der Waals surface area contributed by atoms with Gasteiger partial charge in [0.1, 0.15) is 67.1 Å². The summed E-state index contributed by atoms with van der Waals surface area (Å²) in [5, 5.41) is 0. The first-order valence-corrected chi connectivity index (χ1v) is 26.7. The van der Waals surface area contributed by atoms with Gasteiger partial charge in [0.2, 0.25) is 0 Å². The maximum Gasteiger partial charge on any atom is 0.187 e. The second-order valence-electron chi connectivity index (χ2n) is 20.1. The third kappa shape index (κ3) is 12.6. The minimum atomic E-state index is -1.07. The average molecular weight is 1050 g/mol. The monoisotopic (exact) mass is 1050 g/mol. The van der Waals surface area contributed by atoms with E-state index in [1.165, 1.54) is 0 Å². The Balaban J connectivity index is 0.895. The van der Waals surface area contributed by atoms with E-state index in [0.717, 1.165) is 27.8 Å². The van der Waals surface area contributed by atoms with Gasteiger partial charge < -0.3 is 71.1 Å². The first kappa shape index (κ1) is 52.8. The van der Waals surface area contributed by atoms with Gasteiger partial charge in [-0.05, 0) is 43.9 Å². The fourth-order valence-electron chi connectivity index (χ4n) is 10.7. The lowest BCUT2D eigenvalue weighted by atomic mass is 9.95. The Kier molecular flexibility index (Phi) is 17.3. The zero-order chi connectivity index (χ0) is 51.1. The van der Waals surface area contributed by atoms with E-state index in [4.69, 9.17) is 82.7 Å².